The van der Waals surface area contributed by atoms with Crippen molar-refractivity contribution in [1.29, 1.82) is 0 Å². The Morgan fingerprint density at radius 3 is 2.11 bits per heavy atom. The predicted molar refractivity (Wildman–Crippen MR) is 205 cm³/mol. The van der Waals surface area contributed by atoms with E-state index in [2.05, 4.69) is 10.2 Å². The highest BCUT2D eigenvalue weighted by Crippen LogP contribution is 2.36. The summed E-state index contributed by atoms with van der Waals surface area (Å²) in [6, 6.07) is 29.4. The highest BCUT2D eigenvalue weighted by Gasteiger charge is 2.37. The van der Waals surface area contributed by atoms with Gasteiger partial charge in [0, 0.05) is 69.0 Å². The van der Waals surface area contributed by atoms with E-state index in [1.807, 2.05) is 65.3 Å². The first-order valence-electron chi connectivity index (χ1n) is 18.3. The Balaban J connectivity index is 1.04. The van der Waals surface area contributed by atoms with Gasteiger partial charge < -0.3 is 15.1 Å². The number of nitrogens with one attached hydrogen (secondary N) is 1. The zero-order chi connectivity index (χ0) is 36.9. The molecule has 2 saturated heterocycles. The molecule has 7 rings (SSSR count). The Morgan fingerprint density at radius 2 is 1.42 bits per heavy atom. The maximum atomic E-state index is 14.1. The number of carbonyl (C=O) groups is 5. The molecule has 0 spiro atoms. The molecule has 1 N–H and O–H groups in total. The summed E-state index contributed by atoms with van der Waals surface area (Å²) in [5.41, 5.74) is 5.40. The van der Waals surface area contributed by atoms with Gasteiger partial charge in [-0.3, -0.25) is 38.7 Å². The number of para-hydroxylation sites is 2. The van der Waals surface area contributed by atoms with E-state index in [0.29, 0.717) is 60.9 Å². The van der Waals surface area contributed by atoms with Crippen LogP contribution in [0.5, 0.6) is 0 Å². The highest BCUT2D eigenvalue weighted by molar-refractivity contribution is 6.12. The quantitative estimate of drug-likeness (QED) is 0.242. The van der Waals surface area contributed by atoms with Crippen molar-refractivity contribution in [2.24, 2.45) is 0 Å². The number of likely N-dealkylation sites (tertiary alicyclic amines) is 1. The largest absolute Gasteiger partial charge is 0.342 e. The second-order valence-corrected chi connectivity index (χ2v) is 13.9. The lowest BCUT2D eigenvalue weighted by atomic mass is 9.98. The molecule has 53 heavy (non-hydrogen) atoms. The zero-order valence-corrected chi connectivity index (χ0v) is 29.9. The van der Waals surface area contributed by atoms with Crippen molar-refractivity contribution in [2.75, 3.05) is 67.5 Å². The fourth-order valence-electron chi connectivity index (χ4n) is 7.45. The van der Waals surface area contributed by atoms with Gasteiger partial charge in [-0.15, -0.1) is 0 Å². The van der Waals surface area contributed by atoms with Gasteiger partial charge >= 0.3 is 0 Å². The Hall–Kier alpha value is -5.65. The average molecular weight is 713 g/mol. The van der Waals surface area contributed by atoms with Gasteiger partial charge in [0.2, 0.25) is 11.8 Å². The van der Waals surface area contributed by atoms with E-state index in [1.54, 1.807) is 53.4 Å². The van der Waals surface area contributed by atoms with Crippen molar-refractivity contribution in [3.8, 4) is 11.1 Å². The molecule has 0 aliphatic carbocycles. The van der Waals surface area contributed by atoms with Gasteiger partial charge in [-0.1, -0.05) is 60.2 Å². The number of carbonyl (C=O) groups excluding carboxylic acids is 5. The predicted octanol–water partition coefficient (Wildman–Crippen LogP) is 5.06. The summed E-state index contributed by atoms with van der Waals surface area (Å²) in [6.45, 7) is 6.40. The van der Waals surface area contributed by atoms with Gasteiger partial charge in [-0.25, -0.2) is 0 Å². The summed E-state index contributed by atoms with van der Waals surface area (Å²) >= 11 is 0. The number of nitrogens with zero attached hydrogens (tertiary/aromatic N) is 5. The molecular formula is C42H44N6O5. The number of piperazine rings is 1. The first-order chi connectivity index (χ1) is 25.8. The molecule has 4 aromatic carbocycles. The van der Waals surface area contributed by atoms with Crippen LogP contribution < -0.4 is 15.1 Å². The number of aldehydes is 1. The maximum Gasteiger partial charge on any atom is 0.258 e. The molecule has 272 valence electrons. The second-order valence-electron chi connectivity index (χ2n) is 13.9. The number of rotatable bonds is 9. The molecule has 4 aromatic rings. The molecule has 11 heteroatoms. The molecule has 1 atom stereocenters. The van der Waals surface area contributed by atoms with Crippen LogP contribution in [0.15, 0.2) is 97.1 Å². The number of hydrogen-bond donors (Lipinski definition) is 1. The normalized spacial score (nSPS) is 17.2. The third-order valence-corrected chi connectivity index (χ3v) is 10.4. The van der Waals surface area contributed by atoms with Crippen LogP contribution in [0.25, 0.3) is 11.1 Å². The van der Waals surface area contributed by atoms with Gasteiger partial charge in [0.05, 0.1) is 17.9 Å². The Morgan fingerprint density at radius 1 is 0.755 bits per heavy atom. The van der Waals surface area contributed by atoms with Crippen LogP contribution in [0.1, 0.15) is 45.5 Å². The summed E-state index contributed by atoms with van der Waals surface area (Å²) in [4.78, 5) is 75.8. The van der Waals surface area contributed by atoms with E-state index in [4.69, 9.17) is 0 Å². The van der Waals surface area contributed by atoms with Crippen LogP contribution >= 0.6 is 0 Å². The molecule has 0 radical (unpaired) electrons. The van der Waals surface area contributed by atoms with Crippen LogP contribution in [-0.4, -0.2) is 103 Å². The Labute approximate surface area is 309 Å². The minimum Gasteiger partial charge on any atom is -0.342 e. The lowest BCUT2D eigenvalue weighted by Crippen LogP contribution is -2.59. The number of anilines is 3. The summed E-state index contributed by atoms with van der Waals surface area (Å²) in [7, 11) is 0. The van der Waals surface area contributed by atoms with Crippen molar-refractivity contribution in [1.82, 2.24) is 14.7 Å². The van der Waals surface area contributed by atoms with Gasteiger partial charge in [-0.05, 0) is 73.4 Å². The van der Waals surface area contributed by atoms with Gasteiger partial charge in [0.25, 0.3) is 11.8 Å². The van der Waals surface area contributed by atoms with Crippen LogP contribution in [0.3, 0.4) is 0 Å². The lowest BCUT2D eigenvalue weighted by Gasteiger charge is -2.41. The summed E-state index contributed by atoms with van der Waals surface area (Å²) in [6.07, 6.45) is 2.07. The van der Waals surface area contributed by atoms with Crippen molar-refractivity contribution in [3.05, 3.63) is 114 Å². The van der Waals surface area contributed by atoms with Crippen molar-refractivity contribution < 1.29 is 24.0 Å². The fraction of sp³-hybridized carbons (Fsp3) is 0.310. The van der Waals surface area contributed by atoms with Crippen LogP contribution in [0, 0.1) is 6.92 Å². The third kappa shape index (κ3) is 7.77. The SMILES string of the molecule is Cc1ccc(-c2ccccc2C(=O)Nc2ccc(C(=O)N3CCC(=O)N(C(C=O)N4CCN(CC(=O)N5CCCC5)CC4)c4ccccc43)cc2)cc1. The molecule has 4 amide bonds. The molecule has 3 heterocycles. The number of aryl methyl sites for hydroxylation is 1. The topological polar surface area (TPSA) is 114 Å². The molecule has 3 aliphatic rings. The lowest BCUT2D eigenvalue weighted by molar-refractivity contribution is -0.132. The summed E-state index contributed by atoms with van der Waals surface area (Å²) < 4.78 is 0. The van der Waals surface area contributed by atoms with Crippen molar-refractivity contribution in [3.63, 3.8) is 0 Å². The van der Waals surface area contributed by atoms with Crippen LogP contribution in [0.4, 0.5) is 17.1 Å². The molecule has 11 nitrogen and oxygen atoms in total. The minimum absolute atomic E-state index is 0.0313. The molecule has 3 aliphatic heterocycles. The van der Waals surface area contributed by atoms with Gasteiger partial charge in [0.15, 0.2) is 6.29 Å². The van der Waals surface area contributed by atoms with Crippen LogP contribution in [-0.2, 0) is 14.4 Å². The number of fused-ring (bicyclic) bond motifs is 1. The van der Waals surface area contributed by atoms with E-state index in [-0.39, 0.29) is 36.6 Å². The summed E-state index contributed by atoms with van der Waals surface area (Å²) in [5.74, 6) is -0.667. The first-order valence-corrected chi connectivity index (χ1v) is 18.3. The molecule has 0 aromatic heterocycles. The number of hydrogen-bond acceptors (Lipinski definition) is 7. The van der Waals surface area contributed by atoms with Gasteiger partial charge in [-0.2, -0.15) is 0 Å². The fourth-order valence-corrected chi connectivity index (χ4v) is 7.45. The Bertz CT molecular complexity index is 1980. The molecule has 1 unspecified atom stereocenters. The standard InChI is InChI=1S/C42H44N6O5/c1-30-12-14-31(15-13-30)34-8-2-3-9-35(34)41(52)43-33-18-16-32(17-19-33)42(53)47-23-20-39(50)48(37-11-5-4-10-36(37)47)38(29-49)45-26-24-44(25-27-45)28-40(51)46-21-6-7-22-46/h2-5,8-19,29,38H,6-7,20-28H2,1H3,(H,43,52). The van der Waals surface area contributed by atoms with E-state index < -0.39 is 6.17 Å². The number of benzene rings is 4. The Kier molecular flexibility index (Phi) is 10.7. The van der Waals surface area contributed by atoms with E-state index >= 15 is 0 Å². The molecule has 2 fully saturated rings. The average Bonchev–Trinajstić information content (AvgIpc) is 3.69. The third-order valence-electron chi connectivity index (χ3n) is 10.4. The molecule has 0 saturated carbocycles. The van der Waals surface area contributed by atoms with Crippen LogP contribution in [0.2, 0.25) is 0 Å². The maximum absolute atomic E-state index is 14.1. The van der Waals surface area contributed by atoms with Crippen molar-refractivity contribution >= 4 is 47.0 Å². The first kappa shape index (κ1) is 35.7. The zero-order valence-electron chi connectivity index (χ0n) is 29.9. The highest BCUT2D eigenvalue weighted by atomic mass is 16.2. The van der Waals surface area contributed by atoms with E-state index in [0.717, 1.165) is 48.9 Å². The summed E-state index contributed by atoms with van der Waals surface area (Å²) in [5, 5.41) is 2.96. The smallest absolute Gasteiger partial charge is 0.258 e. The van der Waals surface area contributed by atoms with Gasteiger partial charge in [0.1, 0.15) is 6.17 Å². The molecule has 0 bridgehead atoms. The molecular weight excluding hydrogens is 668 g/mol. The van der Waals surface area contributed by atoms with E-state index in [9.17, 15) is 24.0 Å². The monoisotopic (exact) mass is 712 g/mol. The number of amides is 4. The second kappa shape index (κ2) is 15.9. The van der Waals surface area contributed by atoms with Crippen molar-refractivity contribution in [2.45, 2.75) is 32.4 Å². The minimum atomic E-state index is -0.853. The van der Waals surface area contributed by atoms with E-state index in [1.165, 1.54) is 4.90 Å².